The van der Waals surface area contributed by atoms with Gasteiger partial charge < -0.3 is 11.1 Å². The molecule has 2 aliphatic rings. The lowest BCUT2D eigenvalue weighted by Gasteiger charge is -2.30. The molecule has 0 aromatic carbocycles. The molecule has 5 heteroatoms. The number of alkyl halides is 2. The van der Waals surface area contributed by atoms with E-state index in [1.54, 1.807) is 0 Å². The molecular formula is C12H20F2N2O. The standard InChI is InChI=1S/C12H20F2N2O/c13-12(14)3-1-9(7-12)5-8-2-4-16-10(6-8)11(15)17/h8-10,16H,1-7H2,(H2,15,17). The first-order chi connectivity index (χ1) is 7.96. The first-order valence-electron chi connectivity index (χ1n) is 6.37. The van der Waals surface area contributed by atoms with Crippen LogP contribution in [0.3, 0.4) is 0 Å². The maximum Gasteiger partial charge on any atom is 0.248 e. The Bertz CT molecular complexity index is 296. The number of halogens is 2. The Labute approximate surface area is 100 Å². The highest BCUT2D eigenvalue weighted by atomic mass is 19.3. The van der Waals surface area contributed by atoms with Crippen LogP contribution in [0.25, 0.3) is 0 Å². The number of rotatable bonds is 3. The van der Waals surface area contributed by atoms with Gasteiger partial charge in [-0.25, -0.2) is 8.78 Å². The topological polar surface area (TPSA) is 55.1 Å². The van der Waals surface area contributed by atoms with Gasteiger partial charge in [0.2, 0.25) is 11.8 Å². The Hall–Kier alpha value is -0.710. The summed E-state index contributed by atoms with van der Waals surface area (Å²) in [7, 11) is 0. The predicted octanol–water partition coefficient (Wildman–Crippen LogP) is 1.67. The average molecular weight is 246 g/mol. The van der Waals surface area contributed by atoms with E-state index in [0.717, 1.165) is 19.4 Å². The third-order valence-corrected chi connectivity index (χ3v) is 4.03. The predicted molar refractivity (Wildman–Crippen MR) is 60.6 cm³/mol. The molecule has 1 aliphatic carbocycles. The molecule has 1 saturated heterocycles. The lowest BCUT2D eigenvalue weighted by Crippen LogP contribution is -2.46. The van der Waals surface area contributed by atoms with Crippen LogP contribution in [-0.4, -0.2) is 24.4 Å². The van der Waals surface area contributed by atoms with Gasteiger partial charge in [0, 0.05) is 12.8 Å². The molecule has 2 fully saturated rings. The zero-order valence-corrected chi connectivity index (χ0v) is 9.92. The fraction of sp³-hybridized carbons (Fsp3) is 0.917. The molecule has 0 bridgehead atoms. The van der Waals surface area contributed by atoms with Crippen LogP contribution in [0.4, 0.5) is 8.78 Å². The fourth-order valence-electron chi connectivity index (χ4n) is 3.14. The SMILES string of the molecule is NC(=O)C1CC(CC2CCC(F)(F)C2)CCN1. The van der Waals surface area contributed by atoms with Crippen LogP contribution in [0.15, 0.2) is 0 Å². The van der Waals surface area contributed by atoms with Crippen molar-refractivity contribution < 1.29 is 13.6 Å². The second kappa shape index (κ2) is 4.88. The number of nitrogens with one attached hydrogen (secondary N) is 1. The van der Waals surface area contributed by atoms with Crippen LogP contribution in [-0.2, 0) is 4.79 Å². The van der Waals surface area contributed by atoms with Crippen LogP contribution in [0.1, 0.15) is 38.5 Å². The summed E-state index contributed by atoms with van der Waals surface area (Å²) >= 11 is 0. The summed E-state index contributed by atoms with van der Waals surface area (Å²) in [4.78, 5) is 11.1. The maximum absolute atomic E-state index is 13.1. The van der Waals surface area contributed by atoms with Crippen molar-refractivity contribution in [1.82, 2.24) is 5.32 Å². The van der Waals surface area contributed by atoms with Crippen molar-refractivity contribution in [3.63, 3.8) is 0 Å². The number of carbonyl (C=O) groups excluding carboxylic acids is 1. The van der Waals surface area contributed by atoms with Crippen molar-refractivity contribution in [1.29, 1.82) is 0 Å². The van der Waals surface area contributed by atoms with Crippen LogP contribution in [0.2, 0.25) is 0 Å². The van der Waals surface area contributed by atoms with Crippen LogP contribution in [0, 0.1) is 11.8 Å². The molecule has 1 amide bonds. The van der Waals surface area contributed by atoms with Crippen molar-refractivity contribution in [3.8, 4) is 0 Å². The van der Waals surface area contributed by atoms with E-state index in [9.17, 15) is 13.6 Å². The van der Waals surface area contributed by atoms with E-state index in [0.29, 0.717) is 18.8 Å². The molecule has 3 nitrogen and oxygen atoms in total. The lowest BCUT2D eigenvalue weighted by molar-refractivity contribution is -0.121. The van der Waals surface area contributed by atoms with E-state index in [1.165, 1.54) is 0 Å². The summed E-state index contributed by atoms with van der Waals surface area (Å²) in [5.74, 6) is -2.29. The van der Waals surface area contributed by atoms with Gasteiger partial charge >= 0.3 is 0 Å². The lowest BCUT2D eigenvalue weighted by atomic mass is 9.84. The smallest absolute Gasteiger partial charge is 0.248 e. The van der Waals surface area contributed by atoms with Crippen LogP contribution >= 0.6 is 0 Å². The summed E-state index contributed by atoms with van der Waals surface area (Å²) in [5.41, 5.74) is 5.26. The Balaban J connectivity index is 1.81. The van der Waals surface area contributed by atoms with E-state index in [4.69, 9.17) is 5.73 Å². The molecule has 0 radical (unpaired) electrons. The average Bonchev–Trinajstić information content (AvgIpc) is 2.58. The molecule has 3 N–H and O–H groups in total. The van der Waals surface area contributed by atoms with Crippen LogP contribution < -0.4 is 11.1 Å². The molecule has 3 atom stereocenters. The van der Waals surface area contributed by atoms with Gasteiger partial charge in [0.1, 0.15) is 0 Å². The summed E-state index contributed by atoms with van der Waals surface area (Å²) < 4.78 is 26.1. The summed E-state index contributed by atoms with van der Waals surface area (Å²) in [5, 5.41) is 3.07. The molecule has 0 aromatic heterocycles. The normalized spacial score (nSPS) is 36.9. The van der Waals surface area contributed by atoms with Crippen molar-refractivity contribution >= 4 is 5.91 Å². The second-order valence-corrected chi connectivity index (χ2v) is 5.50. The fourth-order valence-corrected chi connectivity index (χ4v) is 3.14. The third kappa shape index (κ3) is 3.37. The highest BCUT2D eigenvalue weighted by Gasteiger charge is 2.40. The molecule has 2 rings (SSSR count). The Morgan fingerprint density at radius 3 is 2.71 bits per heavy atom. The number of piperidine rings is 1. The highest BCUT2D eigenvalue weighted by Crippen LogP contribution is 2.42. The molecule has 1 saturated carbocycles. The largest absolute Gasteiger partial charge is 0.368 e. The number of amides is 1. The number of carbonyl (C=O) groups is 1. The Kier molecular flexibility index (Phi) is 3.66. The molecule has 3 unspecified atom stereocenters. The quantitative estimate of drug-likeness (QED) is 0.795. The van der Waals surface area contributed by atoms with E-state index >= 15 is 0 Å². The third-order valence-electron chi connectivity index (χ3n) is 4.03. The van der Waals surface area contributed by atoms with Gasteiger partial charge in [-0.1, -0.05) is 0 Å². The van der Waals surface area contributed by atoms with Gasteiger partial charge in [-0.2, -0.15) is 0 Å². The number of hydrogen-bond donors (Lipinski definition) is 2. The van der Waals surface area contributed by atoms with Gasteiger partial charge in [-0.3, -0.25) is 4.79 Å². The molecule has 1 heterocycles. The number of hydrogen-bond acceptors (Lipinski definition) is 2. The zero-order valence-electron chi connectivity index (χ0n) is 9.92. The van der Waals surface area contributed by atoms with Crippen molar-refractivity contribution in [2.45, 2.75) is 50.5 Å². The van der Waals surface area contributed by atoms with Gasteiger partial charge in [0.05, 0.1) is 6.04 Å². The summed E-state index contributed by atoms with van der Waals surface area (Å²) in [6, 6.07) is -0.268. The summed E-state index contributed by atoms with van der Waals surface area (Å²) in [6.07, 6.45) is 3.17. The molecule has 0 aromatic rings. The number of nitrogens with two attached hydrogens (primary N) is 1. The highest BCUT2D eigenvalue weighted by molar-refractivity contribution is 5.79. The van der Waals surface area contributed by atoms with Crippen molar-refractivity contribution in [3.05, 3.63) is 0 Å². The molecule has 98 valence electrons. The first-order valence-corrected chi connectivity index (χ1v) is 6.37. The Morgan fingerprint density at radius 2 is 2.12 bits per heavy atom. The van der Waals surface area contributed by atoms with E-state index < -0.39 is 5.92 Å². The van der Waals surface area contributed by atoms with Crippen LogP contribution in [0.5, 0.6) is 0 Å². The minimum Gasteiger partial charge on any atom is -0.368 e. The Morgan fingerprint density at radius 1 is 1.35 bits per heavy atom. The second-order valence-electron chi connectivity index (χ2n) is 5.50. The monoisotopic (exact) mass is 246 g/mol. The number of primary amides is 1. The van der Waals surface area contributed by atoms with Gasteiger partial charge in [0.15, 0.2) is 0 Å². The molecule has 17 heavy (non-hydrogen) atoms. The molecular weight excluding hydrogens is 226 g/mol. The van der Waals surface area contributed by atoms with Gasteiger partial charge in [-0.05, 0) is 44.1 Å². The van der Waals surface area contributed by atoms with E-state index in [-0.39, 0.29) is 30.7 Å². The summed E-state index contributed by atoms with van der Waals surface area (Å²) in [6.45, 7) is 0.765. The zero-order chi connectivity index (χ0) is 12.5. The molecule has 0 spiro atoms. The molecule has 1 aliphatic heterocycles. The van der Waals surface area contributed by atoms with Crippen molar-refractivity contribution in [2.24, 2.45) is 17.6 Å². The van der Waals surface area contributed by atoms with E-state index in [1.807, 2.05) is 0 Å². The first kappa shape index (κ1) is 12.7. The minimum atomic E-state index is -2.46. The van der Waals surface area contributed by atoms with E-state index in [2.05, 4.69) is 5.32 Å². The van der Waals surface area contributed by atoms with Gasteiger partial charge in [-0.15, -0.1) is 0 Å². The van der Waals surface area contributed by atoms with Crippen molar-refractivity contribution in [2.75, 3.05) is 6.54 Å². The maximum atomic E-state index is 13.1. The van der Waals surface area contributed by atoms with Gasteiger partial charge in [0.25, 0.3) is 0 Å². The minimum absolute atomic E-state index is 0.0260.